The maximum Gasteiger partial charge on any atom is 0.327 e. The second-order valence-electron chi connectivity index (χ2n) is 8.57. The van der Waals surface area contributed by atoms with Crippen LogP contribution in [0.2, 0.25) is 0 Å². The molecule has 0 aliphatic carbocycles. The van der Waals surface area contributed by atoms with Gasteiger partial charge in [0.25, 0.3) is 0 Å². The third kappa shape index (κ3) is 21.3. The van der Waals surface area contributed by atoms with E-state index < -0.39 is 7.60 Å². The molecular formula is C24H51O5P. The van der Waals surface area contributed by atoms with Crippen molar-refractivity contribution in [1.82, 2.24) is 0 Å². The van der Waals surface area contributed by atoms with Gasteiger partial charge in [0, 0.05) is 20.8 Å². The Morgan fingerprint density at radius 1 is 0.733 bits per heavy atom. The summed E-state index contributed by atoms with van der Waals surface area (Å²) in [6.07, 6.45) is 22.3. The van der Waals surface area contributed by atoms with E-state index in [1.165, 1.54) is 103 Å². The Morgan fingerprint density at radius 2 is 1.17 bits per heavy atom. The summed E-state index contributed by atoms with van der Waals surface area (Å²) < 4.78 is 27.0. The maximum absolute atomic E-state index is 11.5. The van der Waals surface area contributed by atoms with E-state index in [1.807, 2.05) is 0 Å². The van der Waals surface area contributed by atoms with Crippen LogP contribution < -0.4 is 0 Å². The molecule has 2 atom stereocenters. The van der Waals surface area contributed by atoms with Gasteiger partial charge in [-0.3, -0.25) is 4.57 Å². The van der Waals surface area contributed by atoms with Gasteiger partial charge in [-0.05, 0) is 12.8 Å². The van der Waals surface area contributed by atoms with Crippen LogP contribution in [0.1, 0.15) is 116 Å². The van der Waals surface area contributed by atoms with Crippen LogP contribution in [0.15, 0.2) is 0 Å². The first-order valence-electron chi connectivity index (χ1n) is 12.5. The lowest BCUT2D eigenvalue weighted by Gasteiger charge is -2.17. The molecule has 0 spiro atoms. The van der Waals surface area contributed by atoms with Crippen molar-refractivity contribution in [3.05, 3.63) is 0 Å². The van der Waals surface area contributed by atoms with Crippen LogP contribution >= 0.6 is 7.60 Å². The molecule has 6 heteroatoms. The normalized spacial score (nSPS) is 14.7. The molecule has 0 aliphatic heterocycles. The second kappa shape index (κ2) is 22.3. The largest absolute Gasteiger partial charge is 0.379 e. The molecule has 0 aromatic rings. The van der Waals surface area contributed by atoms with Gasteiger partial charge >= 0.3 is 7.60 Å². The monoisotopic (exact) mass is 450 g/mol. The predicted molar refractivity (Wildman–Crippen MR) is 127 cm³/mol. The van der Waals surface area contributed by atoms with E-state index in [0.717, 1.165) is 13.0 Å². The van der Waals surface area contributed by atoms with Crippen molar-refractivity contribution in [2.75, 3.05) is 33.6 Å². The van der Waals surface area contributed by atoms with Crippen molar-refractivity contribution >= 4 is 7.60 Å². The summed E-state index contributed by atoms with van der Waals surface area (Å²) in [5.74, 6) is 0. The topological polar surface area (TPSA) is 65.0 Å². The van der Waals surface area contributed by atoms with E-state index in [1.54, 1.807) is 7.11 Å². The van der Waals surface area contributed by atoms with E-state index >= 15 is 0 Å². The maximum atomic E-state index is 11.5. The molecule has 0 fully saturated rings. The molecule has 30 heavy (non-hydrogen) atoms. The van der Waals surface area contributed by atoms with E-state index in [0.29, 0.717) is 13.0 Å². The molecule has 0 aromatic carbocycles. The lowest BCUT2D eigenvalue weighted by Crippen LogP contribution is -2.20. The molecular weight excluding hydrogens is 399 g/mol. The van der Waals surface area contributed by atoms with Gasteiger partial charge in [0.05, 0.1) is 18.9 Å². The zero-order chi connectivity index (χ0) is 22.3. The third-order valence-corrected chi connectivity index (χ3v) is 7.19. The van der Waals surface area contributed by atoms with Crippen LogP contribution in [0, 0.1) is 0 Å². The van der Waals surface area contributed by atoms with E-state index in [-0.39, 0.29) is 12.3 Å². The van der Waals surface area contributed by atoms with Crippen molar-refractivity contribution < 1.29 is 23.5 Å². The minimum absolute atomic E-state index is 0.102. The third-order valence-electron chi connectivity index (χ3n) is 5.80. The average Bonchev–Trinajstić information content (AvgIpc) is 2.75. The van der Waals surface area contributed by atoms with Crippen molar-refractivity contribution in [2.45, 2.75) is 122 Å². The molecule has 0 aromatic heterocycles. The molecule has 182 valence electrons. The van der Waals surface area contributed by atoms with Crippen LogP contribution in [0.4, 0.5) is 0 Å². The Labute approximate surface area is 187 Å². The van der Waals surface area contributed by atoms with Gasteiger partial charge in [0.15, 0.2) is 0 Å². The smallest absolute Gasteiger partial charge is 0.327 e. The highest BCUT2D eigenvalue weighted by molar-refractivity contribution is 7.52. The van der Waals surface area contributed by atoms with Gasteiger partial charge in [0.1, 0.15) is 0 Å². The molecule has 1 unspecified atom stereocenters. The summed E-state index contributed by atoms with van der Waals surface area (Å²) in [5, 5.41) is 0. The number of methoxy groups -OCH3 is 1. The average molecular weight is 451 g/mol. The summed E-state index contributed by atoms with van der Waals surface area (Å²) in [6, 6.07) is 0. The van der Waals surface area contributed by atoms with Crippen LogP contribution in [-0.4, -0.2) is 44.6 Å². The molecule has 0 aliphatic rings. The van der Waals surface area contributed by atoms with Gasteiger partial charge in [-0.25, -0.2) is 0 Å². The second-order valence-corrected chi connectivity index (χ2v) is 10.7. The summed E-state index contributed by atoms with van der Waals surface area (Å²) in [4.78, 5) is 9.43. The van der Waals surface area contributed by atoms with Gasteiger partial charge in [-0.1, -0.05) is 103 Å². The fraction of sp³-hybridized carbons (Fsp3) is 1.00. The summed E-state index contributed by atoms with van der Waals surface area (Å²) in [7, 11) is -0.585. The van der Waals surface area contributed by atoms with Crippen LogP contribution in [-0.2, 0) is 18.6 Å². The Hall–Kier alpha value is 0.0700. The van der Waals surface area contributed by atoms with E-state index in [4.69, 9.17) is 9.47 Å². The first-order chi connectivity index (χ1) is 14.6. The minimum Gasteiger partial charge on any atom is -0.379 e. The Kier molecular flexibility index (Phi) is 22.3. The molecule has 0 saturated heterocycles. The first kappa shape index (κ1) is 30.1. The number of ether oxygens (including phenoxy) is 2. The van der Waals surface area contributed by atoms with Crippen LogP contribution in [0.25, 0.3) is 0 Å². The Morgan fingerprint density at radius 3 is 1.57 bits per heavy atom. The molecule has 0 heterocycles. The van der Waals surface area contributed by atoms with Gasteiger partial charge < -0.3 is 18.9 Å². The van der Waals surface area contributed by atoms with Gasteiger partial charge in [0.2, 0.25) is 0 Å². The molecule has 0 bridgehead atoms. The van der Waals surface area contributed by atoms with Gasteiger partial charge in [-0.15, -0.1) is 0 Å². The SMILES string of the molecule is CCCCCCCCCCCCCCCCCCOC[C@H](CCP(=O)(O)OC)OC. The molecule has 0 rings (SSSR count). The van der Waals surface area contributed by atoms with E-state index in [2.05, 4.69) is 11.4 Å². The van der Waals surface area contributed by atoms with E-state index in [9.17, 15) is 9.46 Å². The molecule has 0 amide bonds. The number of unbranched alkanes of at least 4 members (excludes halogenated alkanes) is 15. The number of hydrogen-bond donors (Lipinski definition) is 1. The molecule has 0 saturated carbocycles. The summed E-state index contributed by atoms with van der Waals surface area (Å²) in [6.45, 7) is 3.48. The standard InChI is InChI=1S/C24H51O5P/c1-4-5-6-7-8-9-10-11-12-13-14-15-16-17-18-19-21-29-23-24(27-2)20-22-30(25,26)28-3/h24H,4-23H2,1-3H3,(H,25,26)/t24-/m0/s1. The zero-order valence-corrected chi connectivity index (χ0v) is 21.1. The number of hydrogen-bond acceptors (Lipinski definition) is 4. The highest BCUT2D eigenvalue weighted by Gasteiger charge is 2.20. The minimum atomic E-state index is -3.45. The lowest BCUT2D eigenvalue weighted by atomic mass is 10.0. The van der Waals surface area contributed by atoms with Crippen LogP contribution in [0.5, 0.6) is 0 Å². The summed E-state index contributed by atoms with van der Waals surface area (Å²) in [5.41, 5.74) is 0. The van der Waals surface area contributed by atoms with Gasteiger partial charge in [-0.2, -0.15) is 0 Å². The lowest BCUT2D eigenvalue weighted by molar-refractivity contribution is 0.00567. The Balaban J connectivity index is 3.28. The number of rotatable bonds is 24. The highest BCUT2D eigenvalue weighted by atomic mass is 31.2. The molecule has 5 nitrogen and oxygen atoms in total. The molecule has 1 N–H and O–H groups in total. The molecule has 0 radical (unpaired) electrons. The van der Waals surface area contributed by atoms with Crippen molar-refractivity contribution in [2.24, 2.45) is 0 Å². The van der Waals surface area contributed by atoms with Crippen molar-refractivity contribution in [1.29, 1.82) is 0 Å². The fourth-order valence-corrected chi connectivity index (χ4v) is 4.43. The van der Waals surface area contributed by atoms with Crippen LogP contribution in [0.3, 0.4) is 0 Å². The first-order valence-corrected chi connectivity index (χ1v) is 14.3. The highest BCUT2D eigenvalue weighted by Crippen LogP contribution is 2.41. The fourth-order valence-electron chi connectivity index (χ4n) is 3.63. The van der Waals surface area contributed by atoms with Crippen molar-refractivity contribution in [3.63, 3.8) is 0 Å². The predicted octanol–water partition coefficient (Wildman–Crippen LogP) is 7.50. The Bertz CT molecular complexity index is 392. The van der Waals surface area contributed by atoms with Crippen molar-refractivity contribution in [3.8, 4) is 0 Å². The zero-order valence-electron chi connectivity index (χ0n) is 20.2. The summed E-state index contributed by atoms with van der Waals surface area (Å²) >= 11 is 0. The quantitative estimate of drug-likeness (QED) is 0.122.